The van der Waals surface area contributed by atoms with Gasteiger partial charge in [-0.3, -0.25) is 4.79 Å². The van der Waals surface area contributed by atoms with E-state index in [4.69, 9.17) is 0 Å². The number of rotatable bonds is 2. The number of nitrogens with zero attached hydrogens (tertiary/aromatic N) is 2. The number of H-pyrrole nitrogens is 1. The number of nitrogens with one attached hydrogen (secondary N) is 1. The van der Waals surface area contributed by atoms with E-state index in [1.807, 2.05) is 37.4 Å². The molecule has 3 aromatic rings. The Morgan fingerprint density at radius 3 is 2.83 bits per heavy atom. The fraction of sp³-hybridized carbons (Fsp3) is 0.368. The minimum atomic E-state index is -0.194. The summed E-state index contributed by atoms with van der Waals surface area (Å²) in [5.41, 5.74) is 2.43. The second kappa shape index (κ2) is 5.91. The molecule has 1 fully saturated rings. The number of hydrogen-bond acceptors (Lipinski definition) is 3. The van der Waals surface area contributed by atoms with Gasteiger partial charge in [-0.05, 0) is 49.6 Å². The zero-order valence-corrected chi connectivity index (χ0v) is 13.7. The number of fused-ring (bicyclic) bond motifs is 1. The molecule has 5 heteroatoms. The van der Waals surface area contributed by atoms with Crippen molar-refractivity contribution in [3.8, 4) is 11.4 Å². The summed E-state index contributed by atoms with van der Waals surface area (Å²) in [5, 5.41) is 10.7. The Hall–Kier alpha value is -2.40. The highest BCUT2D eigenvalue weighted by Crippen LogP contribution is 2.31. The molecule has 1 saturated carbocycles. The molecule has 124 valence electrons. The van der Waals surface area contributed by atoms with Crippen molar-refractivity contribution < 1.29 is 5.11 Å². The van der Waals surface area contributed by atoms with Gasteiger partial charge in [0.1, 0.15) is 5.82 Å². The van der Waals surface area contributed by atoms with Crippen LogP contribution in [0.5, 0.6) is 0 Å². The van der Waals surface area contributed by atoms with E-state index < -0.39 is 0 Å². The predicted octanol–water partition coefficient (Wildman–Crippen LogP) is 3.18. The molecule has 0 radical (unpaired) electrons. The molecule has 2 aromatic heterocycles. The normalized spacial score (nSPS) is 21.2. The number of aromatic nitrogens is 3. The summed E-state index contributed by atoms with van der Waals surface area (Å²) in [5.74, 6) is 0.709. The summed E-state index contributed by atoms with van der Waals surface area (Å²) in [6.07, 6.45) is 6.92. The zero-order chi connectivity index (χ0) is 16.7. The molecule has 0 saturated heterocycles. The van der Waals surface area contributed by atoms with Gasteiger partial charge in [-0.25, -0.2) is 4.98 Å². The van der Waals surface area contributed by atoms with Gasteiger partial charge in [-0.1, -0.05) is 18.2 Å². The molecule has 0 atom stereocenters. The minimum absolute atomic E-state index is 0.111. The van der Waals surface area contributed by atoms with E-state index in [0.717, 1.165) is 42.1 Å². The van der Waals surface area contributed by atoms with Crippen molar-refractivity contribution in [3.05, 3.63) is 52.6 Å². The van der Waals surface area contributed by atoms with Crippen LogP contribution in [0.15, 0.2) is 41.5 Å². The average Bonchev–Trinajstić information content (AvgIpc) is 3.05. The Labute approximate surface area is 140 Å². The van der Waals surface area contributed by atoms with Crippen LogP contribution >= 0.6 is 0 Å². The Kier molecular flexibility index (Phi) is 3.73. The number of benzene rings is 1. The maximum absolute atomic E-state index is 12.6. The number of aryl methyl sites for hydroxylation is 1. The molecule has 1 aliphatic rings. The van der Waals surface area contributed by atoms with Crippen LogP contribution in [0.25, 0.3) is 22.3 Å². The fourth-order valence-corrected chi connectivity index (χ4v) is 3.70. The van der Waals surface area contributed by atoms with Crippen LogP contribution in [0, 0.1) is 6.92 Å². The van der Waals surface area contributed by atoms with Crippen molar-refractivity contribution in [3.63, 3.8) is 0 Å². The standard InChI is InChI=1S/C19H21N3O2/c1-12-3-2-4-13-11-16(19(24)21-17(12)13)18-20-9-10-22(18)14-5-7-15(23)8-6-14/h2-4,9-11,14-15,23H,5-8H2,1H3,(H,21,24). The Balaban J connectivity index is 1.80. The van der Waals surface area contributed by atoms with E-state index in [-0.39, 0.29) is 11.7 Å². The summed E-state index contributed by atoms with van der Waals surface area (Å²) in [4.78, 5) is 20.1. The SMILES string of the molecule is Cc1cccc2cc(-c3nccn3C3CCC(O)CC3)c(=O)[nH]c12. The van der Waals surface area contributed by atoms with E-state index in [9.17, 15) is 9.90 Å². The molecule has 0 bridgehead atoms. The third-order valence-electron chi connectivity index (χ3n) is 5.06. The largest absolute Gasteiger partial charge is 0.393 e. The number of hydrogen-bond donors (Lipinski definition) is 2. The fourth-order valence-electron chi connectivity index (χ4n) is 3.70. The molecule has 2 heterocycles. The Morgan fingerprint density at radius 2 is 2.04 bits per heavy atom. The highest BCUT2D eigenvalue weighted by Gasteiger charge is 2.23. The second-order valence-corrected chi connectivity index (χ2v) is 6.67. The quantitative estimate of drug-likeness (QED) is 0.761. The lowest BCUT2D eigenvalue weighted by atomic mass is 9.93. The maximum Gasteiger partial charge on any atom is 0.259 e. The average molecular weight is 323 g/mol. The van der Waals surface area contributed by atoms with Gasteiger partial charge in [0, 0.05) is 18.4 Å². The van der Waals surface area contributed by atoms with Crippen LogP contribution < -0.4 is 5.56 Å². The predicted molar refractivity (Wildman–Crippen MR) is 94.0 cm³/mol. The second-order valence-electron chi connectivity index (χ2n) is 6.67. The van der Waals surface area contributed by atoms with Gasteiger partial charge in [0.2, 0.25) is 0 Å². The van der Waals surface area contributed by atoms with Crippen molar-refractivity contribution >= 4 is 10.9 Å². The first kappa shape index (κ1) is 15.1. The van der Waals surface area contributed by atoms with E-state index in [1.165, 1.54) is 0 Å². The Bertz CT molecular complexity index is 933. The highest BCUT2D eigenvalue weighted by molar-refractivity contribution is 5.84. The molecule has 5 nitrogen and oxygen atoms in total. The maximum atomic E-state index is 12.6. The van der Waals surface area contributed by atoms with Crippen LogP contribution in [0.2, 0.25) is 0 Å². The topological polar surface area (TPSA) is 70.9 Å². The van der Waals surface area contributed by atoms with Crippen molar-refractivity contribution in [2.75, 3.05) is 0 Å². The lowest BCUT2D eigenvalue weighted by Gasteiger charge is -2.27. The molecule has 0 amide bonds. The van der Waals surface area contributed by atoms with Crippen molar-refractivity contribution in [2.45, 2.75) is 44.8 Å². The van der Waals surface area contributed by atoms with Crippen molar-refractivity contribution in [1.82, 2.24) is 14.5 Å². The van der Waals surface area contributed by atoms with Crippen molar-refractivity contribution in [2.24, 2.45) is 0 Å². The van der Waals surface area contributed by atoms with Gasteiger partial charge < -0.3 is 14.7 Å². The molecule has 4 rings (SSSR count). The third kappa shape index (κ3) is 2.55. The minimum Gasteiger partial charge on any atom is -0.393 e. The lowest BCUT2D eigenvalue weighted by Crippen LogP contribution is -2.22. The molecule has 1 aliphatic carbocycles. The van der Waals surface area contributed by atoms with Gasteiger partial charge >= 0.3 is 0 Å². The number of para-hydroxylation sites is 1. The summed E-state index contributed by atoms with van der Waals surface area (Å²) < 4.78 is 2.10. The van der Waals surface area contributed by atoms with Crippen LogP contribution in [-0.4, -0.2) is 25.7 Å². The summed E-state index contributed by atoms with van der Waals surface area (Å²) in [6, 6.07) is 8.21. The summed E-state index contributed by atoms with van der Waals surface area (Å²) in [6.45, 7) is 1.99. The molecular formula is C19H21N3O2. The van der Waals surface area contributed by atoms with E-state index >= 15 is 0 Å². The third-order valence-corrected chi connectivity index (χ3v) is 5.06. The van der Waals surface area contributed by atoms with E-state index in [2.05, 4.69) is 14.5 Å². The Morgan fingerprint density at radius 1 is 1.25 bits per heavy atom. The summed E-state index contributed by atoms with van der Waals surface area (Å²) in [7, 11) is 0. The van der Waals surface area contributed by atoms with Crippen LogP contribution in [0.4, 0.5) is 0 Å². The van der Waals surface area contributed by atoms with Gasteiger partial charge in [-0.2, -0.15) is 0 Å². The molecule has 0 unspecified atom stereocenters. The number of imidazole rings is 1. The number of aromatic amines is 1. The number of aliphatic hydroxyl groups excluding tert-OH is 1. The lowest BCUT2D eigenvalue weighted by molar-refractivity contribution is 0.111. The van der Waals surface area contributed by atoms with Gasteiger partial charge in [-0.15, -0.1) is 0 Å². The first-order chi connectivity index (χ1) is 11.6. The number of pyridine rings is 1. The van der Waals surface area contributed by atoms with E-state index in [1.54, 1.807) is 6.20 Å². The molecule has 1 aromatic carbocycles. The molecule has 24 heavy (non-hydrogen) atoms. The smallest absolute Gasteiger partial charge is 0.259 e. The molecule has 0 spiro atoms. The van der Waals surface area contributed by atoms with Gasteiger partial charge in [0.25, 0.3) is 5.56 Å². The monoisotopic (exact) mass is 323 g/mol. The zero-order valence-electron chi connectivity index (χ0n) is 13.7. The first-order valence-corrected chi connectivity index (χ1v) is 8.47. The van der Waals surface area contributed by atoms with E-state index in [0.29, 0.717) is 17.4 Å². The van der Waals surface area contributed by atoms with Gasteiger partial charge in [0.15, 0.2) is 0 Å². The van der Waals surface area contributed by atoms with Crippen LogP contribution in [-0.2, 0) is 0 Å². The van der Waals surface area contributed by atoms with Crippen LogP contribution in [0.3, 0.4) is 0 Å². The molecule has 2 N–H and O–H groups in total. The molecular weight excluding hydrogens is 302 g/mol. The first-order valence-electron chi connectivity index (χ1n) is 8.47. The van der Waals surface area contributed by atoms with Gasteiger partial charge in [0.05, 0.1) is 17.2 Å². The molecule has 0 aliphatic heterocycles. The summed E-state index contributed by atoms with van der Waals surface area (Å²) >= 11 is 0. The number of aliphatic hydroxyl groups is 1. The van der Waals surface area contributed by atoms with Crippen LogP contribution in [0.1, 0.15) is 37.3 Å². The highest BCUT2D eigenvalue weighted by atomic mass is 16.3. The van der Waals surface area contributed by atoms with Crippen molar-refractivity contribution in [1.29, 1.82) is 0 Å².